The van der Waals surface area contributed by atoms with Crippen LogP contribution in [0, 0.1) is 5.92 Å². The number of hydrogen-bond acceptors (Lipinski definition) is 2. The number of halogens is 2. The molecular weight excluding hydrogens is 222 g/mol. The molecule has 2 nitrogen and oxygen atoms in total. The summed E-state index contributed by atoms with van der Waals surface area (Å²) in [5, 5.41) is 3.53. The Morgan fingerprint density at radius 2 is 2.06 bits per heavy atom. The van der Waals surface area contributed by atoms with E-state index in [1.54, 1.807) is 0 Å². The van der Waals surface area contributed by atoms with Crippen molar-refractivity contribution in [2.45, 2.75) is 58.5 Å². The maximum atomic E-state index is 12.6. The van der Waals surface area contributed by atoms with Crippen LogP contribution in [-0.4, -0.2) is 42.5 Å². The summed E-state index contributed by atoms with van der Waals surface area (Å²) in [5.41, 5.74) is -0.125. The second kappa shape index (κ2) is 6.10. The summed E-state index contributed by atoms with van der Waals surface area (Å²) >= 11 is 0. The number of rotatable bonds is 5. The highest BCUT2D eigenvalue weighted by molar-refractivity contribution is 4.96. The van der Waals surface area contributed by atoms with Crippen molar-refractivity contribution in [3.8, 4) is 0 Å². The van der Waals surface area contributed by atoms with Gasteiger partial charge in [0.15, 0.2) is 0 Å². The third-order valence-corrected chi connectivity index (χ3v) is 4.38. The van der Waals surface area contributed by atoms with E-state index >= 15 is 0 Å². The topological polar surface area (TPSA) is 15.3 Å². The highest BCUT2D eigenvalue weighted by Gasteiger charge is 2.38. The third kappa shape index (κ3) is 3.62. The van der Waals surface area contributed by atoms with Crippen LogP contribution in [0.1, 0.15) is 40.5 Å². The van der Waals surface area contributed by atoms with Gasteiger partial charge >= 0.3 is 0 Å². The van der Waals surface area contributed by atoms with Gasteiger partial charge in [0.25, 0.3) is 6.43 Å². The lowest BCUT2D eigenvalue weighted by atomic mass is 9.88. The van der Waals surface area contributed by atoms with Crippen molar-refractivity contribution in [1.82, 2.24) is 10.2 Å². The van der Waals surface area contributed by atoms with Crippen LogP contribution in [0.5, 0.6) is 0 Å². The molecule has 3 unspecified atom stereocenters. The van der Waals surface area contributed by atoms with Crippen LogP contribution in [0.3, 0.4) is 0 Å². The van der Waals surface area contributed by atoms with Gasteiger partial charge in [-0.1, -0.05) is 27.2 Å². The summed E-state index contributed by atoms with van der Waals surface area (Å²) in [6, 6.07) is 0.346. The summed E-state index contributed by atoms with van der Waals surface area (Å²) in [7, 11) is 0. The van der Waals surface area contributed by atoms with Gasteiger partial charge in [-0.05, 0) is 19.3 Å². The minimum Gasteiger partial charge on any atom is -0.311 e. The lowest BCUT2D eigenvalue weighted by Crippen LogP contribution is -2.65. The lowest BCUT2D eigenvalue weighted by molar-refractivity contribution is -0.0106. The zero-order valence-corrected chi connectivity index (χ0v) is 11.5. The van der Waals surface area contributed by atoms with Crippen LogP contribution in [0.15, 0.2) is 0 Å². The SMILES string of the molecule is CCC(C)C1CN(CC(F)F)C(C)(CC)CN1. The first-order valence-electron chi connectivity index (χ1n) is 6.69. The summed E-state index contributed by atoms with van der Waals surface area (Å²) in [6.07, 6.45) is -0.250. The molecule has 0 amide bonds. The highest BCUT2D eigenvalue weighted by atomic mass is 19.3. The van der Waals surface area contributed by atoms with E-state index in [4.69, 9.17) is 0 Å². The Kier molecular flexibility index (Phi) is 5.32. The zero-order valence-electron chi connectivity index (χ0n) is 11.5. The number of alkyl halides is 2. The molecule has 0 aromatic heterocycles. The number of piperazine rings is 1. The van der Waals surface area contributed by atoms with Crippen molar-refractivity contribution in [3.05, 3.63) is 0 Å². The van der Waals surface area contributed by atoms with Crippen LogP contribution in [0.25, 0.3) is 0 Å². The molecule has 17 heavy (non-hydrogen) atoms. The summed E-state index contributed by atoms with van der Waals surface area (Å²) < 4.78 is 25.3. The molecule has 0 saturated carbocycles. The van der Waals surface area contributed by atoms with E-state index in [2.05, 4.69) is 33.0 Å². The average molecular weight is 248 g/mol. The van der Waals surface area contributed by atoms with Crippen molar-refractivity contribution in [2.75, 3.05) is 19.6 Å². The standard InChI is InChI=1S/C13H26F2N2/c1-5-10(3)11-7-17(8-12(14)15)13(4,6-2)9-16-11/h10-12,16H,5-9H2,1-4H3. The number of nitrogens with zero attached hydrogens (tertiary/aromatic N) is 1. The minimum absolute atomic E-state index is 0.0983. The molecule has 0 aromatic carbocycles. The largest absolute Gasteiger partial charge is 0.311 e. The van der Waals surface area contributed by atoms with Crippen LogP contribution < -0.4 is 5.32 Å². The van der Waals surface area contributed by atoms with Gasteiger partial charge in [-0.15, -0.1) is 0 Å². The molecule has 1 N–H and O–H groups in total. The average Bonchev–Trinajstić information content (AvgIpc) is 2.30. The first-order chi connectivity index (χ1) is 7.92. The number of nitrogens with one attached hydrogen (secondary N) is 1. The van der Waals surface area contributed by atoms with Gasteiger partial charge in [-0.2, -0.15) is 0 Å². The normalized spacial score (nSPS) is 33.0. The van der Waals surface area contributed by atoms with Crippen molar-refractivity contribution < 1.29 is 8.78 Å². The highest BCUT2D eigenvalue weighted by Crippen LogP contribution is 2.26. The molecule has 0 bridgehead atoms. The monoisotopic (exact) mass is 248 g/mol. The Balaban J connectivity index is 2.69. The Hall–Kier alpha value is -0.220. The third-order valence-electron chi connectivity index (χ3n) is 4.38. The van der Waals surface area contributed by atoms with E-state index in [9.17, 15) is 8.78 Å². The lowest BCUT2D eigenvalue weighted by Gasteiger charge is -2.49. The van der Waals surface area contributed by atoms with E-state index < -0.39 is 6.43 Å². The minimum atomic E-state index is -2.24. The van der Waals surface area contributed by atoms with E-state index in [0.29, 0.717) is 12.0 Å². The molecule has 0 aromatic rings. The van der Waals surface area contributed by atoms with Gasteiger partial charge in [0.1, 0.15) is 0 Å². The van der Waals surface area contributed by atoms with Crippen LogP contribution in [0.2, 0.25) is 0 Å². The molecule has 0 aliphatic carbocycles. The van der Waals surface area contributed by atoms with Crippen molar-refractivity contribution in [1.29, 1.82) is 0 Å². The van der Waals surface area contributed by atoms with Crippen molar-refractivity contribution in [3.63, 3.8) is 0 Å². The van der Waals surface area contributed by atoms with Gasteiger partial charge in [-0.3, -0.25) is 4.90 Å². The van der Waals surface area contributed by atoms with E-state index in [0.717, 1.165) is 25.9 Å². The predicted octanol–water partition coefficient (Wildman–Crippen LogP) is 2.74. The summed E-state index contributed by atoms with van der Waals surface area (Å²) in [5.74, 6) is 0.538. The fraction of sp³-hybridized carbons (Fsp3) is 1.00. The Morgan fingerprint density at radius 3 is 2.53 bits per heavy atom. The van der Waals surface area contributed by atoms with Crippen LogP contribution in [-0.2, 0) is 0 Å². The first-order valence-corrected chi connectivity index (χ1v) is 6.69. The molecule has 1 saturated heterocycles. The molecule has 1 heterocycles. The fourth-order valence-corrected chi connectivity index (χ4v) is 2.46. The smallest absolute Gasteiger partial charge is 0.251 e. The maximum Gasteiger partial charge on any atom is 0.251 e. The van der Waals surface area contributed by atoms with E-state index in [-0.39, 0.29) is 12.1 Å². The Morgan fingerprint density at radius 1 is 1.41 bits per heavy atom. The summed E-state index contributed by atoms with van der Waals surface area (Å²) in [6.45, 7) is 9.94. The molecule has 4 heteroatoms. The van der Waals surface area contributed by atoms with E-state index in [1.165, 1.54) is 0 Å². The molecule has 0 radical (unpaired) electrons. The van der Waals surface area contributed by atoms with E-state index in [1.807, 2.05) is 4.90 Å². The number of hydrogen-bond donors (Lipinski definition) is 1. The Labute approximate surface area is 104 Å². The Bertz CT molecular complexity index is 235. The van der Waals surface area contributed by atoms with Gasteiger partial charge in [0.2, 0.25) is 0 Å². The molecular formula is C13H26F2N2. The molecule has 1 aliphatic heterocycles. The van der Waals surface area contributed by atoms with Gasteiger partial charge < -0.3 is 5.32 Å². The van der Waals surface area contributed by atoms with Crippen LogP contribution in [0.4, 0.5) is 8.78 Å². The molecule has 102 valence electrons. The second-order valence-electron chi connectivity index (χ2n) is 5.52. The van der Waals surface area contributed by atoms with Gasteiger partial charge in [0, 0.05) is 24.7 Å². The quantitative estimate of drug-likeness (QED) is 0.805. The van der Waals surface area contributed by atoms with Crippen molar-refractivity contribution in [2.24, 2.45) is 5.92 Å². The predicted molar refractivity (Wildman–Crippen MR) is 67.5 cm³/mol. The van der Waals surface area contributed by atoms with Crippen molar-refractivity contribution >= 4 is 0 Å². The van der Waals surface area contributed by atoms with Crippen LogP contribution >= 0.6 is 0 Å². The molecule has 1 fully saturated rings. The molecule has 3 atom stereocenters. The first kappa shape index (κ1) is 14.8. The molecule has 1 rings (SSSR count). The van der Waals surface area contributed by atoms with Gasteiger partial charge in [0.05, 0.1) is 6.54 Å². The maximum absolute atomic E-state index is 12.6. The van der Waals surface area contributed by atoms with Gasteiger partial charge in [-0.25, -0.2) is 8.78 Å². The zero-order chi connectivity index (χ0) is 13.1. The molecule has 0 spiro atoms. The molecule has 1 aliphatic rings. The fourth-order valence-electron chi connectivity index (χ4n) is 2.46. The second-order valence-corrected chi connectivity index (χ2v) is 5.52. The summed E-state index contributed by atoms with van der Waals surface area (Å²) in [4.78, 5) is 1.98.